The number of rotatable bonds is 54. The molecule has 0 radical (unpaired) electrons. The number of esters is 3. The molecule has 0 spiro atoms. The molecule has 386 valence electrons. The Balaban J connectivity index is 4.23. The zero-order valence-corrected chi connectivity index (χ0v) is 44.5. The van der Waals surface area contributed by atoms with E-state index in [1.807, 2.05) is 0 Å². The fourth-order valence-corrected chi connectivity index (χ4v) is 9.07. The minimum atomic E-state index is -0.761. The van der Waals surface area contributed by atoms with Gasteiger partial charge in [0.05, 0.1) is 0 Å². The Morgan fingerprint density at radius 2 is 0.538 bits per heavy atom. The van der Waals surface area contributed by atoms with Gasteiger partial charge < -0.3 is 14.2 Å². The Morgan fingerprint density at radius 3 is 0.800 bits per heavy atom. The van der Waals surface area contributed by atoms with Gasteiger partial charge in [0.15, 0.2) is 6.10 Å². The summed E-state index contributed by atoms with van der Waals surface area (Å²) < 4.78 is 16.9. The van der Waals surface area contributed by atoms with Crippen molar-refractivity contribution in [1.29, 1.82) is 0 Å². The molecule has 0 saturated carbocycles. The maximum atomic E-state index is 12.8. The highest BCUT2D eigenvalue weighted by atomic mass is 16.6. The number of carbonyl (C=O) groups excluding carboxylic acids is 3. The van der Waals surface area contributed by atoms with Crippen molar-refractivity contribution in [2.75, 3.05) is 13.2 Å². The van der Waals surface area contributed by atoms with Crippen LogP contribution in [0.3, 0.4) is 0 Å². The van der Waals surface area contributed by atoms with Crippen molar-refractivity contribution >= 4 is 17.9 Å². The summed E-state index contributed by atoms with van der Waals surface area (Å²) >= 11 is 0. The maximum Gasteiger partial charge on any atom is 0.306 e. The molecule has 2 atom stereocenters. The molecule has 0 amide bonds. The number of carbonyl (C=O) groups is 3. The van der Waals surface area contributed by atoms with Crippen LogP contribution in [-0.2, 0) is 28.6 Å². The molecule has 65 heavy (non-hydrogen) atoms. The minimum absolute atomic E-state index is 0.0620. The summed E-state index contributed by atoms with van der Waals surface area (Å²) in [6, 6.07) is 0. The zero-order chi connectivity index (χ0) is 47.4. The van der Waals surface area contributed by atoms with Gasteiger partial charge in [0.25, 0.3) is 0 Å². The topological polar surface area (TPSA) is 78.9 Å². The predicted octanol–water partition coefficient (Wildman–Crippen LogP) is 19.4. The van der Waals surface area contributed by atoms with Gasteiger partial charge in [0, 0.05) is 19.3 Å². The second kappa shape index (κ2) is 53.4. The average molecular weight is 920 g/mol. The molecule has 0 heterocycles. The summed E-state index contributed by atoms with van der Waals surface area (Å²) in [5, 5.41) is 0. The number of hydrogen-bond donors (Lipinski definition) is 0. The summed E-state index contributed by atoms with van der Waals surface area (Å²) in [4.78, 5) is 38.1. The van der Waals surface area contributed by atoms with E-state index in [1.165, 1.54) is 231 Å². The molecule has 0 aliphatic rings. The molecule has 0 N–H and O–H groups in total. The lowest BCUT2D eigenvalue weighted by Gasteiger charge is -2.18. The summed E-state index contributed by atoms with van der Waals surface area (Å²) in [5.74, 6) is 0.0591. The van der Waals surface area contributed by atoms with E-state index >= 15 is 0 Å². The molecule has 0 saturated heterocycles. The van der Waals surface area contributed by atoms with Crippen LogP contribution in [0.5, 0.6) is 0 Å². The van der Waals surface area contributed by atoms with Crippen molar-refractivity contribution in [2.45, 2.75) is 342 Å². The zero-order valence-electron chi connectivity index (χ0n) is 44.5. The third-order valence-corrected chi connectivity index (χ3v) is 13.9. The first-order valence-corrected chi connectivity index (χ1v) is 29.4. The van der Waals surface area contributed by atoms with Crippen molar-refractivity contribution in [3.63, 3.8) is 0 Å². The number of ether oxygens (including phenoxy) is 3. The summed E-state index contributed by atoms with van der Waals surface area (Å²) in [6.45, 7) is 9.09. The van der Waals surface area contributed by atoms with E-state index in [2.05, 4.69) is 27.7 Å². The van der Waals surface area contributed by atoms with E-state index in [-0.39, 0.29) is 31.1 Å². The highest BCUT2D eigenvalue weighted by Crippen LogP contribution is 2.18. The van der Waals surface area contributed by atoms with Gasteiger partial charge in [-0.15, -0.1) is 0 Å². The van der Waals surface area contributed by atoms with Gasteiger partial charge in [-0.1, -0.05) is 297 Å². The van der Waals surface area contributed by atoms with E-state index in [4.69, 9.17) is 14.2 Å². The first-order chi connectivity index (χ1) is 31.9. The molecule has 0 aromatic heterocycles. The van der Waals surface area contributed by atoms with Crippen LogP contribution < -0.4 is 0 Å². The first-order valence-electron chi connectivity index (χ1n) is 29.4. The van der Waals surface area contributed by atoms with Crippen LogP contribution in [0.25, 0.3) is 0 Å². The normalized spacial score (nSPS) is 12.4. The summed E-state index contributed by atoms with van der Waals surface area (Å²) in [6.07, 6.45) is 58.1. The largest absolute Gasteiger partial charge is 0.462 e. The second-order valence-electron chi connectivity index (χ2n) is 20.5. The standard InChI is InChI=1S/C59H114O6/c1-5-8-10-12-14-16-18-19-20-21-22-23-24-29-32-36-40-44-48-52-59(62)65-56(53-63-57(60)50-46-42-38-34-17-15-13-11-9-6-2)54-64-58(61)51-47-43-39-35-31-28-26-25-27-30-33-37-41-45-49-55(4)7-3/h55-56H,5-54H2,1-4H3/t55?,56-/m1/s1. The van der Waals surface area contributed by atoms with Crippen LogP contribution in [-0.4, -0.2) is 37.2 Å². The van der Waals surface area contributed by atoms with Crippen molar-refractivity contribution in [1.82, 2.24) is 0 Å². The van der Waals surface area contributed by atoms with Gasteiger partial charge in [0.1, 0.15) is 13.2 Å². The van der Waals surface area contributed by atoms with Gasteiger partial charge in [-0.2, -0.15) is 0 Å². The Labute approximate surface area is 406 Å². The van der Waals surface area contributed by atoms with E-state index in [0.29, 0.717) is 19.3 Å². The Hall–Kier alpha value is -1.59. The van der Waals surface area contributed by atoms with Crippen LogP contribution in [0.4, 0.5) is 0 Å². The maximum absolute atomic E-state index is 12.8. The lowest BCUT2D eigenvalue weighted by atomic mass is 9.99. The lowest BCUT2D eigenvalue weighted by Crippen LogP contribution is -2.30. The van der Waals surface area contributed by atoms with Crippen LogP contribution in [0.1, 0.15) is 336 Å². The third kappa shape index (κ3) is 51.6. The van der Waals surface area contributed by atoms with Crippen molar-refractivity contribution in [2.24, 2.45) is 5.92 Å². The molecule has 0 rings (SSSR count). The molecular formula is C59H114O6. The highest BCUT2D eigenvalue weighted by Gasteiger charge is 2.19. The molecule has 0 fully saturated rings. The number of unbranched alkanes of at least 4 members (excludes halogenated alkanes) is 40. The lowest BCUT2D eigenvalue weighted by molar-refractivity contribution is -0.167. The monoisotopic (exact) mass is 919 g/mol. The van der Waals surface area contributed by atoms with E-state index in [1.54, 1.807) is 0 Å². The van der Waals surface area contributed by atoms with Crippen molar-refractivity contribution < 1.29 is 28.6 Å². The third-order valence-electron chi connectivity index (χ3n) is 13.9. The van der Waals surface area contributed by atoms with E-state index < -0.39 is 6.10 Å². The molecule has 0 aromatic rings. The van der Waals surface area contributed by atoms with E-state index in [9.17, 15) is 14.4 Å². The smallest absolute Gasteiger partial charge is 0.306 e. The molecule has 0 bridgehead atoms. The van der Waals surface area contributed by atoms with Gasteiger partial charge in [-0.25, -0.2) is 0 Å². The SMILES string of the molecule is CCCCCCCCCCCCCCCCCCCCCC(=O)O[C@H](COC(=O)CCCCCCCCCCCC)COC(=O)CCCCCCCCCCCCCCCCC(C)CC. The summed E-state index contributed by atoms with van der Waals surface area (Å²) in [7, 11) is 0. The van der Waals surface area contributed by atoms with Gasteiger partial charge in [0.2, 0.25) is 0 Å². The molecule has 0 aliphatic carbocycles. The molecular weight excluding hydrogens is 805 g/mol. The highest BCUT2D eigenvalue weighted by molar-refractivity contribution is 5.71. The molecule has 0 aromatic carbocycles. The first kappa shape index (κ1) is 63.4. The summed E-state index contributed by atoms with van der Waals surface area (Å²) in [5.41, 5.74) is 0. The fourth-order valence-electron chi connectivity index (χ4n) is 9.07. The fraction of sp³-hybridized carbons (Fsp3) is 0.949. The van der Waals surface area contributed by atoms with Crippen LogP contribution in [0.2, 0.25) is 0 Å². The van der Waals surface area contributed by atoms with Crippen LogP contribution in [0, 0.1) is 5.92 Å². The molecule has 1 unspecified atom stereocenters. The minimum Gasteiger partial charge on any atom is -0.462 e. The van der Waals surface area contributed by atoms with E-state index in [0.717, 1.165) is 63.7 Å². The quantitative estimate of drug-likeness (QED) is 0.0344. The van der Waals surface area contributed by atoms with Crippen LogP contribution >= 0.6 is 0 Å². The molecule has 6 nitrogen and oxygen atoms in total. The van der Waals surface area contributed by atoms with Gasteiger partial charge in [-0.05, 0) is 25.2 Å². The van der Waals surface area contributed by atoms with Gasteiger partial charge >= 0.3 is 17.9 Å². The average Bonchev–Trinajstić information content (AvgIpc) is 3.30. The van der Waals surface area contributed by atoms with Crippen molar-refractivity contribution in [3.05, 3.63) is 0 Å². The Bertz CT molecular complexity index is 982. The predicted molar refractivity (Wildman–Crippen MR) is 280 cm³/mol. The molecule has 6 heteroatoms. The Kier molecular flexibility index (Phi) is 52.1. The van der Waals surface area contributed by atoms with Crippen molar-refractivity contribution in [3.8, 4) is 0 Å². The number of hydrogen-bond acceptors (Lipinski definition) is 6. The van der Waals surface area contributed by atoms with Gasteiger partial charge in [-0.3, -0.25) is 14.4 Å². The molecule has 0 aliphatic heterocycles. The van der Waals surface area contributed by atoms with Crippen LogP contribution in [0.15, 0.2) is 0 Å². The second-order valence-corrected chi connectivity index (χ2v) is 20.5. The Morgan fingerprint density at radius 1 is 0.308 bits per heavy atom.